The number of pyridine rings is 1. The Morgan fingerprint density at radius 1 is 1.27 bits per heavy atom. The quantitative estimate of drug-likeness (QED) is 0.654. The second-order valence-corrected chi connectivity index (χ2v) is 6.86. The molecular formula is C18H18BrN5O2. The summed E-state index contributed by atoms with van der Waals surface area (Å²) in [4.78, 5) is 12.8. The Labute approximate surface area is 159 Å². The third-order valence-electron chi connectivity index (χ3n) is 4.25. The Morgan fingerprint density at radius 3 is 3.04 bits per heavy atom. The Hall–Kier alpha value is -2.45. The second kappa shape index (κ2) is 7.43. The van der Waals surface area contributed by atoms with Crippen LogP contribution in [0.4, 0.5) is 11.5 Å². The van der Waals surface area contributed by atoms with E-state index in [2.05, 4.69) is 36.2 Å². The van der Waals surface area contributed by atoms with E-state index in [9.17, 15) is 0 Å². The highest BCUT2D eigenvalue weighted by Gasteiger charge is 2.17. The predicted molar refractivity (Wildman–Crippen MR) is 103 cm³/mol. The largest absolute Gasteiger partial charge is 0.435 e. The number of nitrogens with one attached hydrogen (secondary N) is 1. The summed E-state index contributed by atoms with van der Waals surface area (Å²) in [7, 11) is 0. The molecule has 1 aromatic carbocycles. The van der Waals surface area contributed by atoms with Crippen LogP contribution in [-0.2, 0) is 4.74 Å². The van der Waals surface area contributed by atoms with Gasteiger partial charge in [-0.3, -0.25) is 4.98 Å². The number of benzene rings is 1. The fourth-order valence-electron chi connectivity index (χ4n) is 2.92. The molecule has 1 atom stereocenters. The molecule has 1 unspecified atom stereocenters. The van der Waals surface area contributed by atoms with E-state index >= 15 is 0 Å². The number of nitrogens with two attached hydrogens (primary N) is 1. The van der Waals surface area contributed by atoms with Crippen LogP contribution in [0.15, 0.2) is 41.3 Å². The molecule has 7 nitrogen and oxygen atoms in total. The summed E-state index contributed by atoms with van der Waals surface area (Å²) in [5.74, 6) is 1.42. The molecule has 0 saturated carbocycles. The number of anilines is 2. The van der Waals surface area contributed by atoms with Crippen LogP contribution in [0.3, 0.4) is 0 Å². The molecule has 0 amide bonds. The molecule has 1 aliphatic rings. The SMILES string of the molecule is Nc1c(NCC2CCCO2)ncnc1Oc1ccc(Br)c2cccnc12. The smallest absolute Gasteiger partial charge is 0.248 e. The molecular weight excluding hydrogens is 398 g/mol. The van der Waals surface area contributed by atoms with Gasteiger partial charge in [0.05, 0.1) is 6.10 Å². The van der Waals surface area contributed by atoms with Crippen LogP contribution in [0.25, 0.3) is 10.9 Å². The van der Waals surface area contributed by atoms with Gasteiger partial charge < -0.3 is 20.5 Å². The first-order chi connectivity index (χ1) is 12.7. The number of halogens is 1. The molecule has 0 aliphatic carbocycles. The number of rotatable bonds is 5. The van der Waals surface area contributed by atoms with E-state index in [0.29, 0.717) is 29.7 Å². The van der Waals surface area contributed by atoms with E-state index in [1.165, 1.54) is 6.33 Å². The van der Waals surface area contributed by atoms with Crippen molar-refractivity contribution >= 4 is 38.3 Å². The highest BCUT2D eigenvalue weighted by molar-refractivity contribution is 9.10. The minimum Gasteiger partial charge on any atom is -0.435 e. The van der Waals surface area contributed by atoms with Crippen LogP contribution in [0, 0.1) is 0 Å². The zero-order valence-electron chi connectivity index (χ0n) is 14.0. The van der Waals surface area contributed by atoms with Gasteiger partial charge in [-0.15, -0.1) is 0 Å². The molecule has 0 bridgehead atoms. The summed E-state index contributed by atoms with van der Waals surface area (Å²) in [5.41, 5.74) is 7.30. The van der Waals surface area contributed by atoms with Crippen molar-refractivity contribution in [3.8, 4) is 11.6 Å². The van der Waals surface area contributed by atoms with Crippen LogP contribution in [0.2, 0.25) is 0 Å². The molecule has 1 aliphatic heterocycles. The van der Waals surface area contributed by atoms with Crippen molar-refractivity contribution in [2.45, 2.75) is 18.9 Å². The van der Waals surface area contributed by atoms with E-state index in [0.717, 1.165) is 34.8 Å². The van der Waals surface area contributed by atoms with Crippen molar-refractivity contribution in [3.05, 3.63) is 41.3 Å². The predicted octanol–water partition coefficient (Wildman–Crippen LogP) is 3.75. The first-order valence-electron chi connectivity index (χ1n) is 8.39. The molecule has 8 heteroatoms. The van der Waals surface area contributed by atoms with Gasteiger partial charge in [-0.2, -0.15) is 4.98 Å². The van der Waals surface area contributed by atoms with Crippen molar-refractivity contribution in [1.82, 2.24) is 15.0 Å². The maximum Gasteiger partial charge on any atom is 0.248 e. The maximum atomic E-state index is 6.21. The van der Waals surface area contributed by atoms with Gasteiger partial charge in [0.2, 0.25) is 5.88 Å². The molecule has 3 aromatic rings. The molecule has 3 N–H and O–H groups in total. The Bertz CT molecular complexity index is 931. The highest BCUT2D eigenvalue weighted by Crippen LogP contribution is 2.35. The van der Waals surface area contributed by atoms with Crippen LogP contribution >= 0.6 is 15.9 Å². The van der Waals surface area contributed by atoms with Crippen molar-refractivity contribution in [2.75, 3.05) is 24.2 Å². The van der Waals surface area contributed by atoms with Gasteiger partial charge in [-0.1, -0.05) is 22.0 Å². The van der Waals surface area contributed by atoms with Crippen LogP contribution in [0.1, 0.15) is 12.8 Å². The molecule has 1 fully saturated rings. The normalized spacial score (nSPS) is 16.7. The van der Waals surface area contributed by atoms with Gasteiger partial charge in [0.1, 0.15) is 17.5 Å². The highest BCUT2D eigenvalue weighted by atomic mass is 79.9. The number of hydrogen-bond acceptors (Lipinski definition) is 7. The van der Waals surface area contributed by atoms with Crippen molar-refractivity contribution in [3.63, 3.8) is 0 Å². The maximum absolute atomic E-state index is 6.21. The van der Waals surface area contributed by atoms with Crippen LogP contribution in [-0.4, -0.2) is 34.2 Å². The lowest BCUT2D eigenvalue weighted by molar-refractivity contribution is 0.120. The fourth-order valence-corrected chi connectivity index (χ4v) is 3.37. The summed E-state index contributed by atoms with van der Waals surface area (Å²) in [6.45, 7) is 1.47. The van der Waals surface area contributed by atoms with Crippen LogP contribution in [0.5, 0.6) is 11.6 Å². The average molecular weight is 416 g/mol. The van der Waals surface area contributed by atoms with E-state index in [-0.39, 0.29) is 6.10 Å². The lowest BCUT2D eigenvalue weighted by Gasteiger charge is -2.15. The zero-order valence-corrected chi connectivity index (χ0v) is 15.6. The van der Waals surface area contributed by atoms with Crippen LogP contribution < -0.4 is 15.8 Å². The molecule has 26 heavy (non-hydrogen) atoms. The van der Waals surface area contributed by atoms with Gasteiger partial charge in [-0.05, 0) is 31.0 Å². The average Bonchev–Trinajstić information content (AvgIpc) is 3.18. The number of hydrogen-bond donors (Lipinski definition) is 2. The summed E-state index contributed by atoms with van der Waals surface area (Å²) in [6, 6.07) is 7.59. The molecule has 0 spiro atoms. The third-order valence-corrected chi connectivity index (χ3v) is 4.95. The van der Waals surface area contributed by atoms with Gasteiger partial charge in [-0.25, -0.2) is 4.98 Å². The third kappa shape index (κ3) is 3.42. The summed E-state index contributed by atoms with van der Waals surface area (Å²) >= 11 is 3.53. The van der Waals surface area contributed by atoms with Gasteiger partial charge in [0, 0.05) is 29.2 Å². The monoisotopic (exact) mass is 415 g/mol. The minimum atomic E-state index is 0.188. The van der Waals surface area contributed by atoms with Gasteiger partial charge in [0.15, 0.2) is 11.6 Å². The van der Waals surface area contributed by atoms with E-state index in [1.807, 2.05) is 24.3 Å². The Morgan fingerprint density at radius 2 is 2.19 bits per heavy atom. The molecule has 4 rings (SSSR count). The molecule has 3 heterocycles. The first kappa shape index (κ1) is 17.0. The molecule has 134 valence electrons. The lowest BCUT2D eigenvalue weighted by Crippen LogP contribution is -2.19. The van der Waals surface area contributed by atoms with E-state index < -0.39 is 0 Å². The van der Waals surface area contributed by atoms with Crippen molar-refractivity contribution < 1.29 is 9.47 Å². The van der Waals surface area contributed by atoms with E-state index in [4.69, 9.17) is 15.2 Å². The summed E-state index contributed by atoms with van der Waals surface area (Å²) in [6.07, 6.45) is 5.47. The fraction of sp³-hybridized carbons (Fsp3) is 0.278. The van der Waals surface area contributed by atoms with E-state index in [1.54, 1.807) is 6.20 Å². The second-order valence-electron chi connectivity index (χ2n) is 6.00. The minimum absolute atomic E-state index is 0.188. The number of aromatic nitrogens is 3. The molecule has 2 aromatic heterocycles. The standard InChI is InChI=1S/C18H18BrN5O2/c19-13-5-6-14(16-12(13)4-1-7-21-16)26-18-15(20)17(23-10-24-18)22-9-11-3-2-8-25-11/h1,4-7,10-11H,2-3,8-9,20H2,(H,22,23,24). The number of fused-ring (bicyclic) bond motifs is 1. The topological polar surface area (TPSA) is 95.2 Å². The Kier molecular flexibility index (Phi) is 4.85. The number of ether oxygens (including phenoxy) is 2. The summed E-state index contributed by atoms with van der Waals surface area (Å²) in [5, 5.41) is 4.18. The van der Waals surface area contributed by atoms with Gasteiger partial charge >= 0.3 is 0 Å². The van der Waals surface area contributed by atoms with Crippen molar-refractivity contribution in [2.24, 2.45) is 0 Å². The summed E-state index contributed by atoms with van der Waals surface area (Å²) < 4.78 is 12.5. The molecule has 1 saturated heterocycles. The lowest BCUT2D eigenvalue weighted by atomic mass is 10.2. The Balaban J connectivity index is 1.59. The number of nitrogens with zero attached hydrogens (tertiary/aromatic N) is 3. The number of nitrogen functional groups attached to an aromatic ring is 1. The van der Waals surface area contributed by atoms with Gasteiger partial charge in [0.25, 0.3) is 0 Å². The first-order valence-corrected chi connectivity index (χ1v) is 9.18. The van der Waals surface area contributed by atoms with Crippen molar-refractivity contribution in [1.29, 1.82) is 0 Å². The zero-order chi connectivity index (χ0) is 17.9. The molecule has 0 radical (unpaired) electrons.